The van der Waals surface area contributed by atoms with Gasteiger partial charge in [0.2, 0.25) is 0 Å². The highest BCUT2D eigenvalue weighted by molar-refractivity contribution is 5.65. The highest BCUT2D eigenvalue weighted by Gasteiger charge is 2.49. The van der Waals surface area contributed by atoms with Gasteiger partial charge in [-0.15, -0.1) is 0 Å². The van der Waals surface area contributed by atoms with Gasteiger partial charge in [-0.05, 0) is 22.2 Å². The standard InChI is InChI=1S/C30H34N4O6/c1-21(35)36-20-25(37-17-22-11-5-2-6-12-22)27-26(33-34-32)28(38-18-23-13-7-3-8-14-23)29(30(31)40-27)39-19-24-15-9-4-10-16-24/h2-16,25-30H,17-20,31H2,1H3/t25-,26-,27-,28+,29+,30-/m0/s1. The lowest BCUT2D eigenvalue weighted by molar-refractivity contribution is -0.240. The lowest BCUT2D eigenvalue weighted by Crippen LogP contribution is -2.64. The Bertz CT molecular complexity index is 1230. The van der Waals surface area contributed by atoms with Crippen molar-refractivity contribution < 1.29 is 28.5 Å². The van der Waals surface area contributed by atoms with Gasteiger partial charge in [-0.2, -0.15) is 0 Å². The van der Waals surface area contributed by atoms with Crippen molar-refractivity contribution in [1.82, 2.24) is 0 Å². The molecule has 1 saturated heterocycles. The fourth-order valence-electron chi connectivity index (χ4n) is 4.54. The summed E-state index contributed by atoms with van der Waals surface area (Å²) >= 11 is 0. The van der Waals surface area contributed by atoms with Crippen LogP contribution in [0.5, 0.6) is 0 Å². The third kappa shape index (κ3) is 8.37. The van der Waals surface area contributed by atoms with Crippen LogP contribution in [0, 0.1) is 0 Å². The second kappa shape index (κ2) is 15.1. The summed E-state index contributed by atoms with van der Waals surface area (Å²) in [5.74, 6) is -0.477. The quantitative estimate of drug-likeness (QED) is 0.142. The molecule has 0 saturated carbocycles. The van der Waals surface area contributed by atoms with Crippen molar-refractivity contribution in [2.75, 3.05) is 6.61 Å². The molecule has 3 aromatic rings. The Morgan fingerprint density at radius 2 is 1.38 bits per heavy atom. The number of nitrogens with two attached hydrogens (primary N) is 1. The van der Waals surface area contributed by atoms with Crippen molar-refractivity contribution in [2.24, 2.45) is 10.8 Å². The largest absolute Gasteiger partial charge is 0.463 e. The maximum absolute atomic E-state index is 11.7. The number of hydrogen-bond donors (Lipinski definition) is 1. The summed E-state index contributed by atoms with van der Waals surface area (Å²) in [6.07, 6.45) is -4.18. The molecule has 210 valence electrons. The molecule has 3 aromatic carbocycles. The molecule has 0 bridgehead atoms. The first-order chi connectivity index (χ1) is 19.5. The maximum atomic E-state index is 11.7. The molecule has 1 aliphatic rings. The zero-order valence-electron chi connectivity index (χ0n) is 22.3. The molecular weight excluding hydrogens is 512 g/mol. The smallest absolute Gasteiger partial charge is 0.302 e. The number of hydrogen-bond acceptors (Lipinski definition) is 8. The molecule has 10 nitrogen and oxygen atoms in total. The number of carbonyl (C=O) groups is 1. The fraction of sp³-hybridized carbons (Fsp3) is 0.367. The van der Waals surface area contributed by atoms with Crippen LogP contribution in [0.25, 0.3) is 10.4 Å². The Morgan fingerprint density at radius 3 is 1.88 bits per heavy atom. The Morgan fingerprint density at radius 1 is 0.875 bits per heavy atom. The predicted molar refractivity (Wildman–Crippen MR) is 147 cm³/mol. The van der Waals surface area contributed by atoms with Crippen molar-refractivity contribution in [1.29, 1.82) is 0 Å². The van der Waals surface area contributed by atoms with Gasteiger partial charge in [0.05, 0.1) is 32.0 Å². The van der Waals surface area contributed by atoms with Crippen LogP contribution in [0.2, 0.25) is 0 Å². The van der Waals surface area contributed by atoms with E-state index >= 15 is 0 Å². The minimum absolute atomic E-state index is 0.127. The third-order valence-corrected chi connectivity index (χ3v) is 6.51. The van der Waals surface area contributed by atoms with Gasteiger partial charge >= 0.3 is 5.97 Å². The van der Waals surface area contributed by atoms with Crippen molar-refractivity contribution >= 4 is 5.97 Å². The summed E-state index contributed by atoms with van der Waals surface area (Å²) in [5, 5.41) is 4.08. The summed E-state index contributed by atoms with van der Waals surface area (Å²) in [5.41, 5.74) is 18.9. The number of nitrogens with zero attached hydrogens (tertiary/aromatic N) is 3. The zero-order chi connectivity index (χ0) is 28.2. The average Bonchev–Trinajstić information content (AvgIpc) is 2.98. The van der Waals surface area contributed by atoms with Gasteiger partial charge in [0, 0.05) is 11.8 Å². The average molecular weight is 547 g/mol. The molecule has 0 unspecified atom stereocenters. The van der Waals surface area contributed by atoms with Crippen molar-refractivity contribution in [3.8, 4) is 0 Å². The first-order valence-corrected chi connectivity index (χ1v) is 13.1. The van der Waals surface area contributed by atoms with E-state index in [9.17, 15) is 10.3 Å². The molecule has 4 rings (SSSR count). The predicted octanol–water partition coefficient (Wildman–Crippen LogP) is 4.67. The van der Waals surface area contributed by atoms with Gasteiger partial charge in [-0.3, -0.25) is 4.79 Å². The summed E-state index contributed by atoms with van der Waals surface area (Å²) in [7, 11) is 0. The SMILES string of the molecule is CC(=O)OC[C@H](OCc1ccccc1)[C@@H]1O[C@H](N)[C@H](OCc2ccccc2)[C@H](OCc2ccccc2)[C@H]1N=[N+]=[N-]. The van der Waals surface area contributed by atoms with Gasteiger partial charge in [0.25, 0.3) is 0 Å². The number of rotatable bonds is 13. The van der Waals surface area contributed by atoms with Gasteiger partial charge < -0.3 is 29.4 Å². The monoisotopic (exact) mass is 546 g/mol. The fourth-order valence-corrected chi connectivity index (χ4v) is 4.54. The molecule has 2 N–H and O–H groups in total. The zero-order valence-corrected chi connectivity index (χ0v) is 22.3. The van der Waals surface area contributed by atoms with Crippen LogP contribution in [0.3, 0.4) is 0 Å². The van der Waals surface area contributed by atoms with E-state index in [1.807, 2.05) is 91.0 Å². The Balaban J connectivity index is 1.60. The van der Waals surface area contributed by atoms with Gasteiger partial charge in [0.1, 0.15) is 31.1 Å². The lowest BCUT2D eigenvalue weighted by atomic mass is 9.92. The Kier molecular flexibility index (Phi) is 11.1. The van der Waals surface area contributed by atoms with Gasteiger partial charge in [-0.25, -0.2) is 0 Å². The van der Waals surface area contributed by atoms with Crippen LogP contribution < -0.4 is 5.73 Å². The van der Waals surface area contributed by atoms with Crippen molar-refractivity contribution in [3.05, 3.63) is 118 Å². The Labute approximate surface area is 233 Å². The molecule has 0 aromatic heterocycles. The van der Waals surface area contributed by atoms with E-state index in [0.29, 0.717) is 0 Å². The normalized spacial score (nSPS) is 23.1. The maximum Gasteiger partial charge on any atom is 0.302 e. The Hall–Kier alpha value is -3.76. The summed E-state index contributed by atoms with van der Waals surface area (Å²) < 4.78 is 30.3. The van der Waals surface area contributed by atoms with Crippen molar-refractivity contribution in [3.63, 3.8) is 0 Å². The molecule has 0 spiro atoms. The van der Waals surface area contributed by atoms with E-state index in [1.54, 1.807) is 0 Å². The van der Waals surface area contributed by atoms with E-state index in [2.05, 4.69) is 10.0 Å². The number of esters is 1. The molecule has 6 atom stereocenters. The molecule has 0 radical (unpaired) electrons. The van der Waals surface area contributed by atoms with Crippen LogP contribution in [-0.2, 0) is 48.3 Å². The van der Waals surface area contributed by atoms with Crippen LogP contribution in [0.4, 0.5) is 0 Å². The highest BCUT2D eigenvalue weighted by atomic mass is 16.6. The lowest BCUT2D eigenvalue weighted by Gasteiger charge is -2.45. The summed E-state index contributed by atoms with van der Waals surface area (Å²) in [6, 6.07) is 27.9. The molecule has 0 aliphatic carbocycles. The number of azide groups is 1. The molecule has 10 heteroatoms. The number of ether oxygens (including phenoxy) is 5. The summed E-state index contributed by atoms with van der Waals surface area (Å²) in [4.78, 5) is 14.8. The second-order valence-electron chi connectivity index (χ2n) is 9.42. The molecule has 1 aliphatic heterocycles. The molecule has 1 fully saturated rings. The van der Waals surface area contributed by atoms with E-state index in [1.165, 1.54) is 6.92 Å². The number of carbonyl (C=O) groups excluding carboxylic acids is 1. The molecular formula is C30H34N4O6. The minimum atomic E-state index is -0.945. The summed E-state index contributed by atoms with van der Waals surface area (Å²) in [6.45, 7) is 1.88. The highest BCUT2D eigenvalue weighted by Crippen LogP contribution is 2.31. The third-order valence-electron chi connectivity index (χ3n) is 6.51. The second-order valence-corrected chi connectivity index (χ2v) is 9.42. The van der Waals surface area contributed by atoms with Crippen LogP contribution >= 0.6 is 0 Å². The van der Waals surface area contributed by atoms with Crippen LogP contribution in [-0.4, -0.2) is 49.3 Å². The topological polar surface area (TPSA) is 138 Å². The first-order valence-electron chi connectivity index (χ1n) is 13.1. The molecule has 1 heterocycles. The van der Waals surface area contributed by atoms with E-state index in [0.717, 1.165) is 16.7 Å². The van der Waals surface area contributed by atoms with Gasteiger partial charge in [0.15, 0.2) is 0 Å². The number of benzene rings is 3. The van der Waals surface area contributed by atoms with E-state index < -0.39 is 42.7 Å². The van der Waals surface area contributed by atoms with Gasteiger partial charge in [-0.1, -0.05) is 96.1 Å². The van der Waals surface area contributed by atoms with Crippen molar-refractivity contribution in [2.45, 2.75) is 63.4 Å². The van der Waals surface area contributed by atoms with Crippen LogP contribution in [0.15, 0.2) is 96.1 Å². The van der Waals surface area contributed by atoms with E-state index in [4.69, 9.17) is 29.4 Å². The minimum Gasteiger partial charge on any atom is -0.463 e. The molecule has 40 heavy (non-hydrogen) atoms. The first kappa shape index (κ1) is 29.2. The van der Waals surface area contributed by atoms with Crippen LogP contribution in [0.1, 0.15) is 23.6 Å². The molecule has 0 amide bonds. The van der Waals surface area contributed by atoms with E-state index in [-0.39, 0.29) is 26.4 Å².